The minimum Gasteiger partial charge on any atom is -0.307 e. The number of rotatable bonds is 3. The zero-order chi connectivity index (χ0) is 13.2. The van der Waals surface area contributed by atoms with Crippen LogP contribution in [0.25, 0.3) is 11.3 Å². The lowest BCUT2D eigenvalue weighted by Gasteiger charge is -2.19. The van der Waals surface area contributed by atoms with Crippen LogP contribution in [0.1, 0.15) is 25.6 Å². The van der Waals surface area contributed by atoms with E-state index in [-0.39, 0.29) is 11.4 Å². The number of nitrogens with zero attached hydrogens (tertiary/aromatic N) is 1. The van der Waals surface area contributed by atoms with Gasteiger partial charge in [-0.15, -0.1) is 0 Å². The molecule has 0 bridgehead atoms. The van der Waals surface area contributed by atoms with Crippen molar-refractivity contribution in [3.05, 3.63) is 41.0 Å². The predicted octanol–water partition coefficient (Wildman–Crippen LogP) is 3.84. The van der Waals surface area contributed by atoms with Crippen LogP contribution >= 0.6 is 11.5 Å². The molecule has 1 aromatic carbocycles. The minimum absolute atomic E-state index is 0.0863. The van der Waals surface area contributed by atoms with E-state index in [4.69, 9.17) is 0 Å². The number of hydrogen-bond donors (Lipinski definition) is 1. The smallest absolute Gasteiger partial charge is 0.123 e. The third-order valence-corrected chi connectivity index (χ3v) is 3.26. The first-order valence-corrected chi connectivity index (χ1v) is 6.68. The maximum atomic E-state index is 13.1. The molecule has 4 heteroatoms. The Morgan fingerprint density at radius 2 is 2.06 bits per heavy atom. The molecule has 0 aliphatic carbocycles. The summed E-state index contributed by atoms with van der Waals surface area (Å²) in [5, 5.41) is 3.41. The zero-order valence-electron chi connectivity index (χ0n) is 10.8. The van der Waals surface area contributed by atoms with Gasteiger partial charge in [0.25, 0.3) is 0 Å². The maximum absolute atomic E-state index is 13.1. The predicted molar refractivity (Wildman–Crippen MR) is 74.1 cm³/mol. The summed E-state index contributed by atoms with van der Waals surface area (Å²) < 4.78 is 17.5. The van der Waals surface area contributed by atoms with Gasteiger partial charge in [-0.3, -0.25) is 0 Å². The Balaban J connectivity index is 2.11. The molecule has 1 N–H and O–H groups in total. The standard InChI is InChI=1S/C14H17FN2S/c1-14(2,3)16-9-12-8-13(17-18-12)10-5-4-6-11(15)7-10/h4-8,16H,9H2,1-3H3. The average Bonchev–Trinajstić information content (AvgIpc) is 2.74. The van der Waals surface area contributed by atoms with Crippen LogP contribution in [0.5, 0.6) is 0 Å². The molecule has 0 aliphatic rings. The van der Waals surface area contributed by atoms with E-state index in [1.54, 1.807) is 6.07 Å². The molecule has 0 spiro atoms. The fourth-order valence-electron chi connectivity index (χ4n) is 1.53. The van der Waals surface area contributed by atoms with Crippen molar-refractivity contribution < 1.29 is 4.39 Å². The molecule has 0 aliphatic heterocycles. The van der Waals surface area contributed by atoms with Crippen LogP contribution in [0.4, 0.5) is 4.39 Å². The van der Waals surface area contributed by atoms with Gasteiger partial charge < -0.3 is 5.32 Å². The number of halogens is 1. The highest BCUT2D eigenvalue weighted by atomic mass is 32.1. The van der Waals surface area contributed by atoms with E-state index < -0.39 is 0 Å². The summed E-state index contributed by atoms with van der Waals surface area (Å²) in [4.78, 5) is 1.16. The Labute approximate surface area is 111 Å². The van der Waals surface area contributed by atoms with Crippen molar-refractivity contribution in [2.45, 2.75) is 32.9 Å². The van der Waals surface area contributed by atoms with E-state index in [1.165, 1.54) is 23.7 Å². The van der Waals surface area contributed by atoms with Gasteiger partial charge in [-0.25, -0.2) is 4.39 Å². The zero-order valence-corrected chi connectivity index (χ0v) is 11.6. The molecule has 0 atom stereocenters. The number of nitrogens with one attached hydrogen (secondary N) is 1. The van der Waals surface area contributed by atoms with Crippen molar-refractivity contribution >= 4 is 11.5 Å². The van der Waals surface area contributed by atoms with Crippen LogP contribution in [0.15, 0.2) is 30.3 Å². The van der Waals surface area contributed by atoms with E-state index in [9.17, 15) is 4.39 Å². The van der Waals surface area contributed by atoms with E-state index in [2.05, 4.69) is 30.5 Å². The number of benzene rings is 1. The van der Waals surface area contributed by atoms with Crippen molar-refractivity contribution in [2.24, 2.45) is 0 Å². The Kier molecular flexibility index (Phi) is 3.78. The molecule has 18 heavy (non-hydrogen) atoms. The van der Waals surface area contributed by atoms with E-state index in [1.807, 2.05) is 12.1 Å². The van der Waals surface area contributed by atoms with Crippen molar-refractivity contribution in [3.8, 4) is 11.3 Å². The molecule has 0 fully saturated rings. The lowest BCUT2D eigenvalue weighted by molar-refractivity contribution is 0.426. The van der Waals surface area contributed by atoms with Gasteiger partial charge in [-0.05, 0) is 50.5 Å². The molecule has 0 saturated heterocycles. The molecule has 1 heterocycles. The van der Waals surface area contributed by atoms with Gasteiger partial charge in [0.15, 0.2) is 0 Å². The van der Waals surface area contributed by atoms with Gasteiger partial charge >= 0.3 is 0 Å². The molecule has 2 rings (SSSR count). The molecular weight excluding hydrogens is 247 g/mol. The second-order valence-electron chi connectivity index (χ2n) is 5.29. The van der Waals surface area contributed by atoms with Crippen molar-refractivity contribution in [1.29, 1.82) is 0 Å². The second kappa shape index (κ2) is 5.16. The molecule has 2 nitrogen and oxygen atoms in total. The van der Waals surface area contributed by atoms with Crippen molar-refractivity contribution in [1.82, 2.24) is 9.69 Å². The fourth-order valence-corrected chi connectivity index (χ4v) is 2.21. The summed E-state index contributed by atoms with van der Waals surface area (Å²) in [6, 6.07) is 8.54. The second-order valence-corrected chi connectivity index (χ2v) is 6.18. The third-order valence-electron chi connectivity index (χ3n) is 2.47. The Morgan fingerprint density at radius 3 is 2.72 bits per heavy atom. The lowest BCUT2D eigenvalue weighted by Crippen LogP contribution is -2.34. The van der Waals surface area contributed by atoms with Gasteiger partial charge in [0.05, 0.1) is 5.69 Å². The Morgan fingerprint density at radius 1 is 1.28 bits per heavy atom. The van der Waals surface area contributed by atoms with Crippen LogP contribution in [0.3, 0.4) is 0 Å². The highest BCUT2D eigenvalue weighted by molar-refractivity contribution is 7.06. The summed E-state index contributed by atoms with van der Waals surface area (Å²) >= 11 is 1.46. The van der Waals surface area contributed by atoms with Crippen molar-refractivity contribution in [2.75, 3.05) is 0 Å². The molecule has 0 saturated carbocycles. The highest BCUT2D eigenvalue weighted by Gasteiger charge is 2.10. The van der Waals surface area contributed by atoms with Gasteiger partial charge in [0.2, 0.25) is 0 Å². The van der Waals surface area contributed by atoms with Crippen LogP contribution < -0.4 is 5.32 Å². The maximum Gasteiger partial charge on any atom is 0.123 e. The van der Waals surface area contributed by atoms with Gasteiger partial charge in [-0.2, -0.15) is 4.37 Å². The summed E-state index contributed by atoms with van der Waals surface area (Å²) in [6.07, 6.45) is 0. The topological polar surface area (TPSA) is 24.9 Å². The largest absolute Gasteiger partial charge is 0.307 e. The highest BCUT2D eigenvalue weighted by Crippen LogP contribution is 2.22. The SMILES string of the molecule is CC(C)(C)NCc1cc(-c2cccc(F)c2)ns1. The van der Waals surface area contributed by atoms with Crippen molar-refractivity contribution in [3.63, 3.8) is 0 Å². The quantitative estimate of drug-likeness (QED) is 0.911. The van der Waals surface area contributed by atoms with Gasteiger partial charge in [0, 0.05) is 22.5 Å². The number of aromatic nitrogens is 1. The van der Waals surface area contributed by atoms with Gasteiger partial charge in [0.1, 0.15) is 5.82 Å². The molecule has 0 radical (unpaired) electrons. The van der Waals surface area contributed by atoms with E-state index in [0.29, 0.717) is 0 Å². The summed E-state index contributed by atoms with van der Waals surface area (Å²) in [7, 11) is 0. The number of hydrogen-bond acceptors (Lipinski definition) is 3. The molecule has 96 valence electrons. The Bertz CT molecular complexity index is 529. The first-order chi connectivity index (χ1) is 8.44. The Hall–Kier alpha value is -1.26. The first kappa shape index (κ1) is 13.2. The van der Waals surface area contributed by atoms with E-state index >= 15 is 0 Å². The molecule has 1 aromatic heterocycles. The van der Waals surface area contributed by atoms with Crippen LogP contribution in [0.2, 0.25) is 0 Å². The van der Waals surface area contributed by atoms with Crippen LogP contribution in [-0.4, -0.2) is 9.91 Å². The monoisotopic (exact) mass is 264 g/mol. The molecule has 0 amide bonds. The van der Waals surface area contributed by atoms with Gasteiger partial charge in [-0.1, -0.05) is 12.1 Å². The first-order valence-electron chi connectivity index (χ1n) is 5.91. The molecule has 0 unspecified atom stereocenters. The average molecular weight is 264 g/mol. The summed E-state index contributed by atoms with van der Waals surface area (Å²) in [5.74, 6) is -0.227. The fraction of sp³-hybridized carbons (Fsp3) is 0.357. The van der Waals surface area contributed by atoms with Crippen LogP contribution in [0, 0.1) is 5.82 Å². The summed E-state index contributed by atoms with van der Waals surface area (Å²) in [5.41, 5.74) is 1.75. The minimum atomic E-state index is -0.227. The van der Waals surface area contributed by atoms with Crippen LogP contribution in [-0.2, 0) is 6.54 Å². The summed E-state index contributed by atoms with van der Waals surface area (Å²) in [6.45, 7) is 7.17. The normalized spacial score (nSPS) is 11.8. The van der Waals surface area contributed by atoms with E-state index in [0.717, 1.165) is 22.7 Å². The third kappa shape index (κ3) is 3.62. The molecular formula is C14H17FN2S. The molecule has 2 aromatic rings. The lowest BCUT2D eigenvalue weighted by atomic mass is 10.1.